The van der Waals surface area contributed by atoms with Crippen molar-refractivity contribution in [1.29, 1.82) is 0 Å². The maximum Gasteiger partial charge on any atom is 0.211 e. The zero-order valence-corrected chi connectivity index (χ0v) is 16.9. The first-order valence-corrected chi connectivity index (χ1v) is 11.3. The van der Waals surface area contributed by atoms with E-state index in [9.17, 15) is 18.6 Å². The van der Waals surface area contributed by atoms with Gasteiger partial charge in [-0.05, 0) is 38.3 Å². The monoisotopic (exact) mass is 398 g/mol. The number of rotatable bonds is 5. The van der Waals surface area contributed by atoms with E-state index in [2.05, 4.69) is 4.90 Å². The Morgan fingerprint density at radius 1 is 1.15 bits per heavy atom. The summed E-state index contributed by atoms with van der Waals surface area (Å²) in [5, 5.41) is 21.4. The second kappa shape index (κ2) is 8.05. The third-order valence-electron chi connectivity index (χ3n) is 5.71. The second-order valence-corrected chi connectivity index (χ2v) is 9.86. The molecule has 0 radical (unpaired) electrons. The molecule has 2 fully saturated rings. The van der Waals surface area contributed by atoms with Crippen LogP contribution in [0.1, 0.15) is 24.8 Å². The molecule has 0 bridgehead atoms. The van der Waals surface area contributed by atoms with E-state index in [0.717, 1.165) is 18.4 Å². The van der Waals surface area contributed by atoms with E-state index in [1.165, 1.54) is 10.6 Å². The van der Waals surface area contributed by atoms with Gasteiger partial charge in [0.2, 0.25) is 10.0 Å². The summed E-state index contributed by atoms with van der Waals surface area (Å²) in [4.78, 5) is 2.17. The van der Waals surface area contributed by atoms with Crippen molar-refractivity contribution in [2.45, 2.75) is 43.9 Å². The molecule has 1 aromatic carbocycles. The van der Waals surface area contributed by atoms with Gasteiger partial charge < -0.3 is 14.9 Å². The Hall–Kier alpha value is -1.19. The SMILES string of the molecule is Cc1ccc(OC[C@@]2(O)CN(C3CCN(S(C)(=O)=O)CC3)CC[C@@H]2O)cc1. The smallest absolute Gasteiger partial charge is 0.211 e. The van der Waals surface area contributed by atoms with Crippen molar-refractivity contribution in [1.82, 2.24) is 9.21 Å². The van der Waals surface area contributed by atoms with Crippen molar-refractivity contribution in [2.75, 3.05) is 39.0 Å². The molecule has 0 aliphatic carbocycles. The molecule has 3 rings (SSSR count). The van der Waals surface area contributed by atoms with Gasteiger partial charge in [-0.3, -0.25) is 4.90 Å². The van der Waals surface area contributed by atoms with Gasteiger partial charge in [0, 0.05) is 32.2 Å². The molecule has 2 heterocycles. The predicted octanol–water partition coefficient (Wildman–Crippen LogP) is 0.596. The molecule has 0 amide bonds. The summed E-state index contributed by atoms with van der Waals surface area (Å²) in [6.45, 7) is 4.04. The largest absolute Gasteiger partial charge is 0.490 e. The van der Waals surface area contributed by atoms with E-state index in [1.54, 1.807) is 0 Å². The minimum atomic E-state index is -3.15. The highest BCUT2D eigenvalue weighted by molar-refractivity contribution is 7.88. The lowest BCUT2D eigenvalue weighted by atomic mass is 9.88. The van der Waals surface area contributed by atoms with Crippen LogP contribution in [0.2, 0.25) is 0 Å². The van der Waals surface area contributed by atoms with Crippen LogP contribution in [0.3, 0.4) is 0 Å². The van der Waals surface area contributed by atoms with E-state index in [-0.39, 0.29) is 12.6 Å². The second-order valence-electron chi connectivity index (χ2n) is 7.87. The zero-order chi connectivity index (χ0) is 19.7. The van der Waals surface area contributed by atoms with Gasteiger partial charge in [0.15, 0.2) is 0 Å². The quantitative estimate of drug-likeness (QED) is 0.755. The third kappa shape index (κ3) is 5.00. The number of ether oxygens (including phenoxy) is 1. The normalized spacial score (nSPS) is 29.0. The molecule has 0 unspecified atom stereocenters. The minimum Gasteiger partial charge on any atom is -0.490 e. The van der Waals surface area contributed by atoms with Gasteiger partial charge in [-0.1, -0.05) is 17.7 Å². The Morgan fingerprint density at radius 2 is 1.78 bits per heavy atom. The van der Waals surface area contributed by atoms with E-state index in [0.29, 0.717) is 38.3 Å². The summed E-state index contributed by atoms with van der Waals surface area (Å²) < 4.78 is 30.6. The van der Waals surface area contributed by atoms with E-state index < -0.39 is 21.7 Å². The van der Waals surface area contributed by atoms with Crippen LogP contribution in [-0.2, 0) is 10.0 Å². The number of β-amino-alcohol motifs (C(OH)–C–C–N with tert-alkyl or cyclic N) is 1. The number of piperidine rings is 2. The van der Waals surface area contributed by atoms with Gasteiger partial charge in [-0.2, -0.15) is 0 Å². The Labute approximate surface area is 161 Å². The number of aliphatic hydroxyl groups excluding tert-OH is 1. The number of aryl methyl sites for hydroxylation is 1. The average Bonchev–Trinajstić information content (AvgIpc) is 2.63. The first-order valence-electron chi connectivity index (χ1n) is 9.46. The fraction of sp³-hybridized carbons (Fsp3) is 0.684. The predicted molar refractivity (Wildman–Crippen MR) is 103 cm³/mol. The molecule has 1 aromatic rings. The number of benzene rings is 1. The molecule has 7 nitrogen and oxygen atoms in total. The van der Waals surface area contributed by atoms with Crippen LogP contribution in [0.4, 0.5) is 0 Å². The number of nitrogens with zero attached hydrogens (tertiary/aromatic N) is 2. The number of hydrogen-bond donors (Lipinski definition) is 2. The Morgan fingerprint density at radius 3 is 2.37 bits per heavy atom. The van der Waals surface area contributed by atoms with Crippen molar-refractivity contribution in [2.24, 2.45) is 0 Å². The van der Waals surface area contributed by atoms with Crippen molar-refractivity contribution < 1.29 is 23.4 Å². The molecule has 2 aliphatic heterocycles. The van der Waals surface area contributed by atoms with E-state index >= 15 is 0 Å². The lowest BCUT2D eigenvalue weighted by Gasteiger charge is -2.47. The number of aliphatic hydroxyl groups is 2. The van der Waals surface area contributed by atoms with Gasteiger partial charge in [0.25, 0.3) is 0 Å². The lowest BCUT2D eigenvalue weighted by molar-refractivity contribution is -0.147. The van der Waals surface area contributed by atoms with Gasteiger partial charge >= 0.3 is 0 Å². The number of sulfonamides is 1. The highest BCUT2D eigenvalue weighted by Crippen LogP contribution is 2.28. The topological polar surface area (TPSA) is 90.3 Å². The molecule has 0 aromatic heterocycles. The fourth-order valence-corrected chi connectivity index (χ4v) is 4.80. The average molecular weight is 399 g/mol. The molecular weight excluding hydrogens is 368 g/mol. The van der Waals surface area contributed by atoms with Crippen LogP contribution in [0.15, 0.2) is 24.3 Å². The first-order chi connectivity index (χ1) is 12.7. The van der Waals surface area contributed by atoms with Crippen LogP contribution in [-0.4, -0.2) is 84.6 Å². The summed E-state index contributed by atoms with van der Waals surface area (Å²) >= 11 is 0. The summed E-state index contributed by atoms with van der Waals surface area (Å²) in [5.74, 6) is 0.666. The van der Waals surface area contributed by atoms with Gasteiger partial charge in [-0.15, -0.1) is 0 Å². The number of likely N-dealkylation sites (tertiary alicyclic amines) is 1. The molecule has 2 saturated heterocycles. The first kappa shape index (κ1) is 20.5. The van der Waals surface area contributed by atoms with Gasteiger partial charge in [0.05, 0.1) is 12.4 Å². The Balaban J connectivity index is 1.59. The molecule has 152 valence electrons. The summed E-state index contributed by atoms with van der Waals surface area (Å²) in [6.07, 6.45) is 2.34. The zero-order valence-electron chi connectivity index (χ0n) is 16.0. The Kier molecular flexibility index (Phi) is 6.12. The van der Waals surface area contributed by atoms with Crippen LogP contribution in [0.25, 0.3) is 0 Å². The van der Waals surface area contributed by atoms with Crippen molar-refractivity contribution in [3.63, 3.8) is 0 Å². The molecule has 27 heavy (non-hydrogen) atoms. The summed E-state index contributed by atoms with van der Waals surface area (Å²) in [7, 11) is -3.15. The highest BCUT2D eigenvalue weighted by atomic mass is 32.2. The third-order valence-corrected chi connectivity index (χ3v) is 7.01. The molecule has 2 aliphatic rings. The molecular formula is C19H30N2O5S. The maximum atomic E-state index is 11.7. The van der Waals surface area contributed by atoms with E-state index in [1.807, 2.05) is 31.2 Å². The van der Waals surface area contributed by atoms with Gasteiger partial charge in [0.1, 0.15) is 18.0 Å². The molecule has 0 saturated carbocycles. The van der Waals surface area contributed by atoms with Crippen molar-refractivity contribution in [3.8, 4) is 5.75 Å². The molecule has 2 atom stereocenters. The Bertz CT molecular complexity index is 731. The standard InChI is InChI=1S/C19H30N2O5S/c1-15-3-5-17(6-4-15)26-14-19(23)13-20(10-9-18(19)22)16-7-11-21(12-8-16)27(2,24)25/h3-6,16,18,22-23H,7-14H2,1-2H3/t18-,19-/m0/s1. The van der Waals surface area contributed by atoms with Crippen molar-refractivity contribution in [3.05, 3.63) is 29.8 Å². The van der Waals surface area contributed by atoms with Crippen LogP contribution >= 0.6 is 0 Å². The van der Waals surface area contributed by atoms with Crippen LogP contribution < -0.4 is 4.74 Å². The molecule has 0 spiro atoms. The lowest BCUT2D eigenvalue weighted by Crippen LogP contribution is -2.62. The van der Waals surface area contributed by atoms with Gasteiger partial charge in [-0.25, -0.2) is 12.7 Å². The maximum absolute atomic E-state index is 11.7. The van der Waals surface area contributed by atoms with Crippen LogP contribution in [0.5, 0.6) is 5.75 Å². The molecule has 2 N–H and O–H groups in total. The summed E-state index contributed by atoms with van der Waals surface area (Å²) in [6, 6.07) is 7.80. The highest BCUT2D eigenvalue weighted by Gasteiger charge is 2.44. The van der Waals surface area contributed by atoms with Crippen molar-refractivity contribution >= 4 is 10.0 Å². The minimum absolute atomic E-state index is 0.0237. The number of hydrogen-bond acceptors (Lipinski definition) is 6. The van der Waals surface area contributed by atoms with Crippen LogP contribution in [0, 0.1) is 6.92 Å². The molecule has 8 heteroatoms. The fourth-order valence-electron chi connectivity index (χ4n) is 3.93. The summed E-state index contributed by atoms with van der Waals surface area (Å²) in [5.41, 5.74) is -0.206. The van der Waals surface area contributed by atoms with E-state index in [4.69, 9.17) is 4.74 Å².